The molecule has 1 atom stereocenters. The fourth-order valence-electron chi connectivity index (χ4n) is 3.60. The van der Waals surface area contributed by atoms with Crippen LogP contribution in [0.25, 0.3) is 0 Å². The van der Waals surface area contributed by atoms with Crippen LogP contribution in [0, 0.1) is 0 Å². The molecule has 1 fully saturated rings. The molecule has 0 radical (unpaired) electrons. The van der Waals surface area contributed by atoms with Crippen molar-refractivity contribution >= 4 is 11.8 Å². The highest BCUT2D eigenvalue weighted by atomic mass is 16.2. The Kier molecular flexibility index (Phi) is 7.96. The summed E-state index contributed by atoms with van der Waals surface area (Å²) >= 11 is 0. The number of nitrogens with one attached hydrogen (secondary N) is 1. The number of benzene rings is 1. The number of amides is 2. The van der Waals surface area contributed by atoms with Gasteiger partial charge in [0.25, 0.3) is 0 Å². The minimum atomic E-state index is -0.388. The van der Waals surface area contributed by atoms with E-state index in [9.17, 15) is 9.59 Å². The fraction of sp³-hybridized carbons (Fsp3) is 0.619. The predicted molar refractivity (Wildman–Crippen MR) is 101 cm³/mol. The Morgan fingerprint density at radius 1 is 1.12 bits per heavy atom. The quantitative estimate of drug-likeness (QED) is 0.773. The maximum Gasteiger partial charge on any atom is 0.243 e. The molecule has 0 spiro atoms. The molecule has 1 saturated carbocycles. The summed E-state index contributed by atoms with van der Waals surface area (Å²) < 4.78 is 0. The van der Waals surface area contributed by atoms with Gasteiger partial charge in [-0.15, -0.1) is 0 Å². The predicted octanol–water partition coefficient (Wildman–Crippen LogP) is 4.04. The Morgan fingerprint density at radius 3 is 2.40 bits per heavy atom. The van der Waals surface area contributed by atoms with Gasteiger partial charge in [0.05, 0.1) is 0 Å². The molecular weight excluding hydrogens is 312 g/mol. The zero-order valence-electron chi connectivity index (χ0n) is 15.7. The summed E-state index contributed by atoms with van der Waals surface area (Å²) in [7, 11) is 0. The van der Waals surface area contributed by atoms with Gasteiger partial charge in [-0.25, -0.2) is 0 Å². The van der Waals surface area contributed by atoms with Crippen molar-refractivity contribution in [2.75, 3.05) is 0 Å². The molecule has 2 rings (SSSR count). The molecule has 4 nitrogen and oxygen atoms in total. The van der Waals surface area contributed by atoms with Crippen molar-refractivity contribution < 1.29 is 9.59 Å². The van der Waals surface area contributed by atoms with Crippen LogP contribution in [0.1, 0.15) is 70.8 Å². The second-order valence-corrected chi connectivity index (χ2v) is 7.02. The Labute approximate surface area is 152 Å². The van der Waals surface area contributed by atoms with Gasteiger partial charge in [-0.3, -0.25) is 9.59 Å². The third kappa shape index (κ3) is 5.87. The van der Waals surface area contributed by atoms with E-state index in [-0.39, 0.29) is 23.9 Å². The van der Waals surface area contributed by atoms with Crippen molar-refractivity contribution in [2.24, 2.45) is 0 Å². The molecule has 1 aromatic rings. The van der Waals surface area contributed by atoms with Gasteiger partial charge in [0.2, 0.25) is 11.8 Å². The van der Waals surface area contributed by atoms with Crippen LogP contribution < -0.4 is 5.32 Å². The lowest BCUT2D eigenvalue weighted by molar-refractivity contribution is -0.141. The van der Waals surface area contributed by atoms with Crippen molar-refractivity contribution in [2.45, 2.75) is 83.8 Å². The van der Waals surface area contributed by atoms with Crippen molar-refractivity contribution in [3.63, 3.8) is 0 Å². The van der Waals surface area contributed by atoms with Crippen LogP contribution in [0.15, 0.2) is 30.3 Å². The smallest absolute Gasteiger partial charge is 0.243 e. The van der Waals surface area contributed by atoms with Crippen molar-refractivity contribution in [3.05, 3.63) is 35.9 Å². The van der Waals surface area contributed by atoms with E-state index in [0.29, 0.717) is 19.4 Å². The first kappa shape index (κ1) is 19.5. The molecule has 0 aromatic heterocycles. The lowest BCUT2D eigenvalue weighted by Gasteiger charge is -2.32. The number of carbonyl (C=O) groups excluding carboxylic acids is 2. The molecule has 1 aromatic carbocycles. The number of hydrogen-bond acceptors (Lipinski definition) is 2. The number of nitrogens with zero attached hydrogens (tertiary/aromatic N) is 1. The summed E-state index contributed by atoms with van der Waals surface area (Å²) in [5.74, 6) is 0.0757. The Balaban J connectivity index is 2.10. The molecule has 0 heterocycles. The summed E-state index contributed by atoms with van der Waals surface area (Å²) in [6.07, 6.45) is 7.67. The lowest BCUT2D eigenvalue weighted by atomic mass is 9.95. The zero-order chi connectivity index (χ0) is 18.1. The minimum absolute atomic E-state index is 0.00906. The summed E-state index contributed by atoms with van der Waals surface area (Å²) in [5, 5.41) is 3.20. The summed E-state index contributed by atoms with van der Waals surface area (Å²) in [6.45, 7) is 4.49. The first-order chi connectivity index (χ1) is 12.2. The van der Waals surface area contributed by atoms with Gasteiger partial charge in [-0.05, 0) is 31.2 Å². The normalized spacial score (nSPS) is 16.2. The van der Waals surface area contributed by atoms with E-state index in [2.05, 4.69) is 5.32 Å². The average molecular weight is 344 g/mol. The van der Waals surface area contributed by atoms with Crippen molar-refractivity contribution in [3.8, 4) is 0 Å². The molecule has 0 bridgehead atoms. The largest absolute Gasteiger partial charge is 0.352 e. The second kappa shape index (κ2) is 10.2. The molecule has 4 heteroatoms. The molecule has 1 N–H and O–H groups in total. The Hall–Kier alpha value is -1.84. The molecule has 0 aliphatic heterocycles. The average Bonchev–Trinajstić information content (AvgIpc) is 2.63. The van der Waals surface area contributed by atoms with Gasteiger partial charge in [-0.1, -0.05) is 63.4 Å². The fourth-order valence-corrected chi connectivity index (χ4v) is 3.60. The number of rotatable bonds is 8. The first-order valence-electron chi connectivity index (χ1n) is 9.79. The summed E-state index contributed by atoms with van der Waals surface area (Å²) in [6, 6.07) is 9.82. The van der Waals surface area contributed by atoms with Gasteiger partial charge < -0.3 is 10.2 Å². The summed E-state index contributed by atoms with van der Waals surface area (Å²) in [5.41, 5.74) is 1.07. The van der Waals surface area contributed by atoms with E-state index < -0.39 is 0 Å². The van der Waals surface area contributed by atoms with E-state index in [1.807, 2.05) is 44.2 Å². The van der Waals surface area contributed by atoms with Gasteiger partial charge in [-0.2, -0.15) is 0 Å². The molecule has 25 heavy (non-hydrogen) atoms. The maximum absolute atomic E-state index is 12.9. The van der Waals surface area contributed by atoms with E-state index in [1.54, 1.807) is 4.90 Å². The van der Waals surface area contributed by atoms with E-state index in [1.165, 1.54) is 19.3 Å². The van der Waals surface area contributed by atoms with Gasteiger partial charge in [0.1, 0.15) is 6.04 Å². The van der Waals surface area contributed by atoms with E-state index in [4.69, 9.17) is 0 Å². The lowest BCUT2D eigenvalue weighted by Crippen LogP contribution is -2.51. The van der Waals surface area contributed by atoms with Crippen LogP contribution in [-0.2, 0) is 16.1 Å². The highest BCUT2D eigenvalue weighted by molar-refractivity contribution is 5.87. The molecular formula is C21H32N2O2. The molecule has 0 saturated heterocycles. The Morgan fingerprint density at radius 2 is 1.80 bits per heavy atom. The summed E-state index contributed by atoms with van der Waals surface area (Å²) in [4.78, 5) is 27.3. The standard InChI is InChI=1S/C21H32N2O2/c1-3-11-20(24)23(16-17-12-7-5-8-13-17)19(4-2)21(25)22-18-14-9-6-10-15-18/h5,7-8,12-13,18-19H,3-4,6,9-11,14-16H2,1-2H3,(H,22,25)/t19-/m0/s1. The Bertz CT molecular complexity index is 538. The minimum Gasteiger partial charge on any atom is -0.352 e. The molecule has 2 amide bonds. The zero-order valence-corrected chi connectivity index (χ0v) is 15.7. The molecule has 0 unspecified atom stereocenters. The number of carbonyl (C=O) groups is 2. The van der Waals surface area contributed by atoms with E-state index >= 15 is 0 Å². The monoisotopic (exact) mass is 344 g/mol. The van der Waals surface area contributed by atoms with Gasteiger partial charge >= 0.3 is 0 Å². The van der Waals surface area contributed by atoms with Crippen molar-refractivity contribution in [1.82, 2.24) is 10.2 Å². The van der Waals surface area contributed by atoms with Crippen LogP contribution in [-0.4, -0.2) is 28.8 Å². The molecule has 1 aliphatic carbocycles. The second-order valence-electron chi connectivity index (χ2n) is 7.02. The van der Waals surface area contributed by atoms with Crippen LogP contribution in [0.4, 0.5) is 0 Å². The molecule has 138 valence electrons. The van der Waals surface area contributed by atoms with Gasteiger partial charge in [0, 0.05) is 19.0 Å². The third-order valence-electron chi connectivity index (χ3n) is 5.00. The van der Waals surface area contributed by atoms with Crippen LogP contribution in [0.2, 0.25) is 0 Å². The van der Waals surface area contributed by atoms with E-state index in [0.717, 1.165) is 24.8 Å². The maximum atomic E-state index is 12.9. The number of hydrogen-bond donors (Lipinski definition) is 1. The molecule has 1 aliphatic rings. The first-order valence-corrected chi connectivity index (χ1v) is 9.79. The topological polar surface area (TPSA) is 49.4 Å². The van der Waals surface area contributed by atoms with Crippen LogP contribution >= 0.6 is 0 Å². The van der Waals surface area contributed by atoms with Gasteiger partial charge in [0.15, 0.2) is 0 Å². The van der Waals surface area contributed by atoms with Crippen molar-refractivity contribution in [1.29, 1.82) is 0 Å². The van der Waals surface area contributed by atoms with Crippen LogP contribution in [0.3, 0.4) is 0 Å². The highest BCUT2D eigenvalue weighted by Gasteiger charge is 2.29. The highest BCUT2D eigenvalue weighted by Crippen LogP contribution is 2.19. The third-order valence-corrected chi connectivity index (χ3v) is 5.00. The van der Waals surface area contributed by atoms with Crippen LogP contribution in [0.5, 0.6) is 0 Å². The SMILES string of the molecule is CCCC(=O)N(Cc1ccccc1)[C@@H](CC)C(=O)NC1CCCCC1.